The zero-order valence-corrected chi connectivity index (χ0v) is 17.4. The molecule has 0 aliphatic heterocycles. The maximum absolute atomic E-state index is 15.3. The first-order valence-electron chi connectivity index (χ1n) is 10.2. The highest BCUT2D eigenvalue weighted by Gasteiger charge is 2.38. The molecule has 0 aliphatic rings. The summed E-state index contributed by atoms with van der Waals surface area (Å²) in [6.07, 6.45) is 0.475. The van der Waals surface area contributed by atoms with E-state index in [0.717, 1.165) is 18.2 Å². The Morgan fingerprint density at radius 2 is 0.742 bits per heavy atom. The lowest BCUT2D eigenvalue weighted by Crippen LogP contribution is -2.59. The standard InChI is InChI=1S/C24H21BF6/c1-4-13-7-10-16(26)19(22(13)29)25(20-17(27)11-8-14(5-2)23(20)30)21-18(28)12-9-15(6-3)24(21)31/h7-12H,4-6H2,1-3H3. The van der Waals surface area contributed by atoms with Gasteiger partial charge in [0, 0.05) is 16.4 Å². The molecule has 0 aromatic heterocycles. The number of aryl methyl sites for hydroxylation is 3. The highest BCUT2D eigenvalue weighted by molar-refractivity contribution is 6.95. The van der Waals surface area contributed by atoms with Crippen LogP contribution in [0, 0.1) is 34.9 Å². The minimum atomic E-state index is -1.98. The van der Waals surface area contributed by atoms with Crippen LogP contribution in [-0.4, -0.2) is 6.71 Å². The molecule has 0 amide bonds. The van der Waals surface area contributed by atoms with Crippen LogP contribution in [0.4, 0.5) is 26.3 Å². The van der Waals surface area contributed by atoms with Crippen molar-refractivity contribution < 1.29 is 26.3 Å². The van der Waals surface area contributed by atoms with Gasteiger partial charge in [-0.2, -0.15) is 0 Å². The van der Waals surface area contributed by atoms with Crippen molar-refractivity contribution in [2.75, 3.05) is 0 Å². The van der Waals surface area contributed by atoms with E-state index in [0.29, 0.717) is 0 Å². The number of hydrogen-bond acceptors (Lipinski definition) is 0. The summed E-state index contributed by atoms with van der Waals surface area (Å²) in [7, 11) is 0. The quantitative estimate of drug-likeness (QED) is 0.389. The first kappa shape index (κ1) is 23.0. The molecule has 0 N–H and O–H groups in total. The van der Waals surface area contributed by atoms with Crippen LogP contribution in [0.5, 0.6) is 0 Å². The lowest BCUT2D eigenvalue weighted by molar-refractivity contribution is 0.578. The van der Waals surface area contributed by atoms with Crippen molar-refractivity contribution in [3.05, 3.63) is 88.0 Å². The summed E-state index contributed by atoms with van der Waals surface area (Å²) in [5.41, 5.74) is -2.13. The first-order chi connectivity index (χ1) is 14.8. The molecule has 7 heteroatoms. The summed E-state index contributed by atoms with van der Waals surface area (Å²) in [6.45, 7) is 2.87. The van der Waals surface area contributed by atoms with Crippen LogP contribution in [0.15, 0.2) is 36.4 Å². The molecule has 162 valence electrons. The fourth-order valence-electron chi connectivity index (χ4n) is 3.89. The largest absolute Gasteiger partial charge is 0.264 e. The molecule has 3 rings (SSSR count). The van der Waals surface area contributed by atoms with Gasteiger partial charge in [-0.1, -0.05) is 39.0 Å². The van der Waals surface area contributed by atoms with E-state index in [1.807, 2.05) is 0 Å². The van der Waals surface area contributed by atoms with Crippen molar-refractivity contribution in [1.82, 2.24) is 0 Å². The van der Waals surface area contributed by atoms with E-state index < -0.39 is 58.0 Å². The van der Waals surface area contributed by atoms with E-state index in [2.05, 4.69) is 0 Å². The van der Waals surface area contributed by atoms with Gasteiger partial charge in [0.2, 0.25) is 0 Å². The minimum Gasteiger partial charge on any atom is -0.207 e. The molecule has 0 unspecified atom stereocenters. The fraction of sp³-hybridized carbons (Fsp3) is 0.250. The summed E-state index contributed by atoms with van der Waals surface area (Å²) in [6, 6.07) is 6.45. The Balaban J connectivity index is 2.51. The van der Waals surface area contributed by atoms with Crippen LogP contribution in [-0.2, 0) is 19.3 Å². The Kier molecular flexibility index (Phi) is 6.82. The van der Waals surface area contributed by atoms with Gasteiger partial charge in [-0.05, 0) is 54.2 Å². The molecular formula is C24H21BF6. The normalized spacial score (nSPS) is 11.1. The summed E-state index contributed by atoms with van der Waals surface area (Å²) < 4.78 is 90.8. The second kappa shape index (κ2) is 9.21. The van der Waals surface area contributed by atoms with E-state index >= 15 is 13.2 Å². The zero-order valence-electron chi connectivity index (χ0n) is 17.4. The van der Waals surface area contributed by atoms with Crippen LogP contribution < -0.4 is 16.4 Å². The van der Waals surface area contributed by atoms with E-state index in [-0.39, 0.29) is 36.0 Å². The SMILES string of the molecule is CCc1ccc(F)c(B(c2c(F)ccc(CC)c2F)c2c(F)ccc(CC)c2F)c1F. The van der Waals surface area contributed by atoms with Gasteiger partial charge in [0.25, 0.3) is 6.71 Å². The van der Waals surface area contributed by atoms with Gasteiger partial charge in [-0.15, -0.1) is 0 Å². The van der Waals surface area contributed by atoms with Crippen molar-refractivity contribution in [1.29, 1.82) is 0 Å². The van der Waals surface area contributed by atoms with Crippen molar-refractivity contribution in [2.45, 2.75) is 40.0 Å². The lowest BCUT2D eigenvalue weighted by Gasteiger charge is -2.22. The molecule has 0 nitrogen and oxygen atoms in total. The van der Waals surface area contributed by atoms with Gasteiger partial charge >= 0.3 is 0 Å². The van der Waals surface area contributed by atoms with Gasteiger partial charge in [-0.25, -0.2) is 26.3 Å². The van der Waals surface area contributed by atoms with Gasteiger partial charge < -0.3 is 0 Å². The van der Waals surface area contributed by atoms with E-state index in [9.17, 15) is 13.2 Å². The van der Waals surface area contributed by atoms with Gasteiger partial charge in [0.1, 0.15) is 34.9 Å². The van der Waals surface area contributed by atoms with Crippen LogP contribution in [0.1, 0.15) is 37.5 Å². The third-order valence-corrected chi connectivity index (χ3v) is 5.63. The predicted octanol–water partition coefficient (Wildman–Crippen LogP) is 4.72. The topological polar surface area (TPSA) is 0 Å². The Morgan fingerprint density at radius 1 is 0.484 bits per heavy atom. The molecule has 0 fully saturated rings. The van der Waals surface area contributed by atoms with Crippen molar-refractivity contribution >= 4 is 23.1 Å². The number of halogens is 6. The molecular weight excluding hydrogens is 413 g/mol. The minimum absolute atomic E-state index is 0.0707. The molecule has 31 heavy (non-hydrogen) atoms. The molecule has 3 aromatic carbocycles. The number of benzene rings is 3. The monoisotopic (exact) mass is 434 g/mol. The Bertz CT molecular complexity index is 984. The average molecular weight is 434 g/mol. The second-order valence-corrected chi connectivity index (χ2v) is 7.30. The zero-order chi connectivity index (χ0) is 22.9. The number of hydrogen-bond donors (Lipinski definition) is 0. The average Bonchev–Trinajstić information content (AvgIpc) is 2.74. The highest BCUT2D eigenvalue weighted by Crippen LogP contribution is 2.17. The smallest absolute Gasteiger partial charge is 0.207 e. The predicted molar refractivity (Wildman–Crippen MR) is 112 cm³/mol. The van der Waals surface area contributed by atoms with Gasteiger partial charge in [0.15, 0.2) is 0 Å². The maximum Gasteiger partial charge on any atom is 0.264 e. The van der Waals surface area contributed by atoms with E-state index in [1.54, 1.807) is 20.8 Å². The molecule has 0 spiro atoms. The first-order valence-corrected chi connectivity index (χ1v) is 10.2. The summed E-state index contributed by atoms with van der Waals surface area (Å²) in [5, 5.41) is 0. The van der Waals surface area contributed by atoms with Crippen molar-refractivity contribution in [3.63, 3.8) is 0 Å². The Hall–Kier alpha value is -2.70. The van der Waals surface area contributed by atoms with Gasteiger partial charge in [0.05, 0.1) is 0 Å². The molecule has 0 aliphatic carbocycles. The summed E-state index contributed by atoms with van der Waals surface area (Å²) in [5.74, 6) is -6.64. The summed E-state index contributed by atoms with van der Waals surface area (Å²) in [4.78, 5) is 0. The third-order valence-electron chi connectivity index (χ3n) is 5.63. The van der Waals surface area contributed by atoms with Crippen LogP contribution in [0.3, 0.4) is 0 Å². The number of rotatable bonds is 6. The van der Waals surface area contributed by atoms with E-state index in [1.165, 1.54) is 18.2 Å². The Morgan fingerprint density at radius 3 is 0.968 bits per heavy atom. The Labute approximate surface area is 178 Å². The lowest BCUT2D eigenvalue weighted by atomic mass is 9.35. The van der Waals surface area contributed by atoms with Crippen LogP contribution >= 0.6 is 0 Å². The fourth-order valence-corrected chi connectivity index (χ4v) is 3.89. The molecule has 0 radical (unpaired) electrons. The summed E-state index contributed by atoms with van der Waals surface area (Å²) >= 11 is 0. The second-order valence-electron chi connectivity index (χ2n) is 7.30. The highest BCUT2D eigenvalue weighted by atomic mass is 19.2. The maximum atomic E-state index is 15.3. The van der Waals surface area contributed by atoms with Crippen molar-refractivity contribution in [3.8, 4) is 0 Å². The van der Waals surface area contributed by atoms with Gasteiger partial charge in [-0.3, -0.25) is 0 Å². The molecule has 0 saturated carbocycles. The third kappa shape index (κ3) is 3.98. The van der Waals surface area contributed by atoms with Crippen LogP contribution in [0.25, 0.3) is 0 Å². The van der Waals surface area contributed by atoms with Crippen LogP contribution in [0.2, 0.25) is 0 Å². The van der Waals surface area contributed by atoms with Crippen molar-refractivity contribution in [2.24, 2.45) is 0 Å². The molecule has 0 bridgehead atoms. The molecule has 0 atom stereocenters. The molecule has 0 saturated heterocycles. The molecule has 3 aromatic rings. The molecule has 0 heterocycles. The van der Waals surface area contributed by atoms with E-state index in [4.69, 9.17) is 0 Å².